The van der Waals surface area contributed by atoms with Crippen molar-refractivity contribution in [3.63, 3.8) is 0 Å². The third-order valence-electron chi connectivity index (χ3n) is 3.23. The van der Waals surface area contributed by atoms with Gasteiger partial charge in [0, 0.05) is 26.8 Å². The molecule has 0 aromatic carbocycles. The van der Waals surface area contributed by atoms with E-state index in [4.69, 9.17) is 0 Å². The van der Waals surface area contributed by atoms with E-state index in [9.17, 15) is 8.42 Å². The van der Waals surface area contributed by atoms with Crippen LogP contribution in [0.15, 0.2) is 21.8 Å². The largest absolute Gasteiger partial charge is 0.274 e. The molecule has 2 aromatic heterocycles. The molecule has 0 radical (unpaired) electrons. The van der Waals surface area contributed by atoms with Gasteiger partial charge in [-0.3, -0.25) is 9.36 Å². The third kappa shape index (κ3) is 3.04. The molecule has 21 heavy (non-hydrogen) atoms. The summed E-state index contributed by atoms with van der Waals surface area (Å²) in [5, 5.41) is 8.29. The summed E-state index contributed by atoms with van der Waals surface area (Å²) < 4.78 is 30.6. The lowest BCUT2D eigenvalue weighted by molar-refractivity contribution is 0.446. The molecule has 0 aliphatic rings. The minimum absolute atomic E-state index is 0.228. The van der Waals surface area contributed by atoms with E-state index >= 15 is 0 Å². The van der Waals surface area contributed by atoms with Gasteiger partial charge in [-0.15, -0.1) is 0 Å². The van der Waals surface area contributed by atoms with Gasteiger partial charge in [-0.25, -0.2) is 8.42 Å². The number of rotatable bonds is 5. The first-order chi connectivity index (χ1) is 9.77. The summed E-state index contributed by atoms with van der Waals surface area (Å²) in [4.78, 5) is 0.228. The summed E-state index contributed by atoms with van der Waals surface area (Å²) in [6.45, 7) is 4.57. The van der Waals surface area contributed by atoms with Crippen LogP contribution in [0.3, 0.4) is 0 Å². The predicted octanol–water partition coefficient (Wildman–Crippen LogP) is 1.53. The summed E-state index contributed by atoms with van der Waals surface area (Å²) in [7, 11) is -0.319. The number of halogens is 1. The first-order valence-corrected chi connectivity index (χ1v) is 8.67. The van der Waals surface area contributed by atoms with E-state index in [0.717, 1.165) is 10.2 Å². The number of aromatic nitrogens is 4. The number of nitrogens with zero attached hydrogens (tertiary/aromatic N) is 5. The number of sulfonamides is 1. The van der Waals surface area contributed by atoms with Gasteiger partial charge in [0.15, 0.2) is 0 Å². The highest BCUT2D eigenvalue weighted by atomic mass is 79.9. The monoisotopic (exact) mass is 375 g/mol. The number of aryl methyl sites for hydroxylation is 3. The maximum absolute atomic E-state index is 12.6. The van der Waals surface area contributed by atoms with Gasteiger partial charge in [-0.2, -0.15) is 14.5 Å². The van der Waals surface area contributed by atoms with Gasteiger partial charge in [0.25, 0.3) is 0 Å². The van der Waals surface area contributed by atoms with E-state index < -0.39 is 10.0 Å². The van der Waals surface area contributed by atoms with Crippen LogP contribution >= 0.6 is 15.9 Å². The first-order valence-electron chi connectivity index (χ1n) is 6.44. The molecular formula is C12H18BrN5O2S. The van der Waals surface area contributed by atoms with Crippen molar-refractivity contribution in [3.05, 3.63) is 28.3 Å². The van der Waals surface area contributed by atoms with Crippen molar-refractivity contribution in [2.75, 3.05) is 7.05 Å². The van der Waals surface area contributed by atoms with Crippen molar-refractivity contribution in [2.24, 2.45) is 7.05 Å². The SMILES string of the molecule is CCn1ncc(Br)c1CN(C)S(=O)(=O)c1cn(C)nc1C. The molecule has 116 valence electrons. The molecule has 0 bridgehead atoms. The van der Waals surface area contributed by atoms with Crippen molar-refractivity contribution >= 4 is 26.0 Å². The molecule has 0 aliphatic heterocycles. The number of hydrogen-bond donors (Lipinski definition) is 0. The Hall–Kier alpha value is -1.19. The van der Waals surface area contributed by atoms with Crippen molar-refractivity contribution in [2.45, 2.75) is 31.8 Å². The highest BCUT2D eigenvalue weighted by Gasteiger charge is 2.26. The highest BCUT2D eigenvalue weighted by Crippen LogP contribution is 2.22. The van der Waals surface area contributed by atoms with Crippen LogP contribution in [0.4, 0.5) is 0 Å². The van der Waals surface area contributed by atoms with Crippen LogP contribution in [0.1, 0.15) is 18.3 Å². The molecular weight excluding hydrogens is 358 g/mol. The molecule has 0 unspecified atom stereocenters. The molecule has 0 N–H and O–H groups in total. The second-order valence-corrected chi connectivity index (χ2v) is 7.64. The first kappa shape index (κ1) is 16.2. The summed E-state index contributed by atoms with van der Waals surface area (Å²) >= 11 is 3.41. The summed E-state index contributed by atoms with van der Waals surface area (Å²) in [5.41, 5.74) is 1.32. The summed E-state index contributed by atoms with van der Waals surface area (Å²) in [6, 6.07) is 0. The Morgan fingerprint density at radius 2 is 2.10 bits per heavy atom. The van der Waals surface area contributed by atoms with Gasteiger partial charge in [0.05, 0.1) is 28.6 Å². The molecule has 0 atom stereocenters. The minimum atomic E-state index is -3.58. The fraction of sp³-hybridized carbons (Fsp3) is 0.500. The Bertz CT molecular complexity index is 750. The highest BCUT2D eigenvalue weighted by molar-refractivity contribution is 9.10. The average Bonchev–Trinajstić information content (AvgIpc) is 2.93. The molecule has 9 heteroatoms. The Labute approximate surface area is 132 Å². The van der Waals surface area contributed by atoms with Crippen molar-refractivity contribution in [1.82, 2.24) is 23.9 Å². The zero-order valence-corrected chi connectivity index (χ0v) is 14.8. The molecule has 0 fully saturated rings. The lowest BCUT2D eigenvalue weighted by Gasteiger charge is -2.17. The molecule has 2 heterocycles. The van der Waals surface area contributed by atoms with Gasteiger partial charge in [-0.05, 0) is 29.8 Å². The minimum Gasteiger partial charge on any atom is -0.274 e. The smallest absolute Gasteiger partial charge is 0.246 e. The van der Waals surface area contributed by atoms with E-state index in [-0.39, 0.29) is 11.4 Å². The van der Waals surface area contributed by atoms with Gasteiger partial charge in [-0.1, -0.05) is 0 Å². The Kier molecular flexibility index (Phi) is 4.54. The van der Waals surface area contributed by atoms with Crippen LogP contribution in [-0.2, 0) is 30.2 Å². The fourth-order valence-electron chi connectivity index (χ4n) is 2.11. The maximum Gasteiger partial charge on any atom is 0.246 e. The van der Waals surface area contributed by atoms with Crippen LogP contribution in [-0.4, -0.2) is 39.3 Å². The van der Waals surface area contributed by atoms with Crippen molar-refractivity contribution in [1.29, 1.82) is 0 Å². The van der Waals surface area contributed by atoms with Gasteiger partial charge >= 0.3 is 0 Å². The normalized spacial score (nSPS) is 12.3. The third-order valence-corrected chi connectivity index (χ3v) is 5.80. The molecule has 0 saturated heterocycles. The molecule has 0 saturated carbocycles. The van der Waals surface area contributed by atoms with E-state index in [1.54, 1.807) is 31.9 Å². The number of hydrogen-bond acceptors (Lipinski definition) is 4. The van der Waals surface area contributed by atoms with E-state index in [1.807, 2.05) is 6.92 Å². The Balaban J connectivity index is 2.33. The lowest BCUT2D eigenvalue weighted by atomic mass is 10.4. The van der Waals surface area contributed by atoms with E-state index in [0.29, 0.717) is 12.2 Å². The fourth-order valence-corrected chi connectivity index (χ4v) is 3.86. The standard InChI is InChI=1S/C12H18BrN5O2S/c1-5-18-11(10(13)6-14-18)7-17(4)21(19,20)12-8-16(3)15-9(12)2/h6,8H,5,7H2,1-4H3. The maximum atomic E-state index is 12.6. The molecule has 0 amide bonds. The van der Waals surface area contributed by atoms with Crippen molar-refractivity contribution < 1.29 is 8.42 Å². The van der Waals surface area contributed by atoms with Crippen LogP contribution < -0.4 is 0 Å². The zero-order chi connectivity index (χ0) is 15.8. The van der Waals surface area contributed by atoms with Crippen LogP contribution in [0.25, 0.3) is 0 Å². The predicted molar refractivity (Wildman–Crippen MR) is 82.2 cm³/mol. The average molecular weight is 376 g/mol. The van der Waals surface area contributed by atoms with Crippen LogP contribution in [0, 0.1) is 6.92 Å². The second-order valence-electron chi connectivity index (χ2n) is 4.77. The molecule has 0 aliphatic carbocycles. The van der Waals surface area contributed by atoms with Crippen LogP contribution in [0.5, 0.6) is 0 Å². The zero-order valence-electron chi connectivity index (χ0n) is 12.4. The van der Waals surface area contributed by atoms with E-state index in [2.05, 4.69) is 26.1 Å². The lowest BCUT2D eigenvalue weighted by Crippen LogP contribution is -2.28. The molecule has 7 nitrogen and oxygen atoms in total. The Morgan fingerprint density at radius 3 is 2.62 bits per heavy atom. The van der Waals surface area contributed by atoms with Crippen molar-refractivity contribution in [3.8, 4) is 0 Å². The van der Waals surface area contributed by atoms with Gasteiger partial charge in [0.2, 0.25) is 10.0 Å². The molecule has 0 spiro atoms. The molecule has 2 rings (SSSR count). The van der Waals surface area contributed by atoms with E-state index in [1.165, 1.54) is 15.2 Å². The topological polar surface area (TPSA) is 73.0 Å². The second kappa shape index (κ2) is 5.90. The molecule has 2 aromatic rings. The van der Waals surface area contributed by atoms with Gasteiger partial charge < -0.3 is 0 Å². The quantitative estimate of drug-likeness (QED) is 0.793. The Morgan fingerprint density at radius 1 is 1.43 bits per heavy atom. The van der Waals surface area contributed by atoms with Crippen LogP contribution in [0.2, 0.25) is 0 Å². The van der Waals surface area contributed by atoms with Gasteiger partial charge in [0.1, 0.15) is 4.90 Å². The summed E-state index contributed by atoms with van der Waals surface area (Å²) in [5.74, 6) is 0. The summed E-state index contributed by atoms with van der Waals surface area (Å²) in [6.07, 6.45) is 3.20.